The van der Waals surface area contributed by atoms with Crippen molar-refractivity contribution in [2.24, 2.45) is 4.99 Å². The van der Waals surface area contributed by atoms with Crippen LogP contribution >= 0.6 is 0 Å². The standard InChI is InChI=1S/C24H31N5O3/c1-5-25-24(27-17-19-15-22(31-3)23(32-4)16-21(19)30-2)26-13-11-18-7-9-20(10-8-18)29-14-6-12-28-29/h6-10,12,14-16H,5,11,13,17H2,1-4H3,(H2,25,26,27). The second-order valence-corrected chi connectivity index (χ2v) is 7.01. The van der Waals surface area contributed by atoms with Gasteiger partial charge in [0.05, 0.1) is 33.6 Å². The molecule has 170 valence electrons. The van der Waals surface area contributed by atoms with Crippen molar-refractivity contribution < 1.29 is 14.2 Å². The van der Waals surface area contributed by atoms with Crippen LogP contribution in [0, 0.1) is 0 Å². The summed E-state index contributed by atoms with van der Waals surface area (Å²) in [6.07, 6.45) is 4.59. The molecule has 0 aliphatic carbocycles. The summed E-state index contributed by atoms with van der Waals surface area (Å²) >= 11 is 0. The zero-order valence-electron chi connectivity index (χ0n) is 19.1. The van der Waals surface area contributed by atoms with E-state index in [2.05, 4.69) is 40.0 Å². The number of nitrogens with zero attached hydrogens (tertiary/aromatic N) is 3. The highest BCUT2D eigenvalue weighted by atomic mass is 16.5. The molecule has 8 heteroatoms. The summed E-state index contributed by atoms with van der Waals surface area (Å²) in [6, 6.07) is 14.0. The highest BCUT2D eigenvalue weighted by molar-refractivity contribution is 5.79. The monoisotopic (exact) mass is 437 g/mol. The van der Waals surface area contributed by atoms with Gasteiger partial charge in [0.15, 0.2) is 17.5 Å². The topological polar surface area (TPSA) is 81.9 Å². The summed E-state index contributed by atoms with van der Waals surface area (Å²) in [5.41, 5.74) is 3.20. The Hall–Kier alpha value is -3.68. The van der Waals surface area contributed by atoms with E-state index < -0.39 is 0 Å². The van der Waals surface area contributed by atoms with Gasteiger partial charge in [0.1, 0.15) is 5.75 Å². The fraction of sp³-hybridized carbons (Fsp3) is 0.333. The Balaban J connectivity index is 1.61. The Kier molecular flexibility index (Phi) is 8.36. The number of aliphatic imine (C=N–C) groups is 1. The number of methoxy groups -OCH3 is 3. The highest BCUT2D eigenvalue weighted by Crippen LogP contribution is 2.34. The fourth-order valence-electron chi connectivity index (χ4n) is 3.28. The molecule has 0 bridgehead atoms. The molecule has 32 heavy (non-hydrogen) atoms. The first-order valence-electron chi connectivity index (χ1n) is 10.6. The van der Waals surface area contributed by atoms with Gasteiger partial charge in [0.25, 0.3) is 0 Å². The molecule has 0 spiro atoms. The predicted molar refractivity (Wildman–Crippen MR) is 126 cm³/mol. The minimum atomic E-state index is 0.442. The van der Waals surface area contributed by atoms with Crippen molar-refractivity contribution in [3.8, 4) is 22.9 Å². The van der Waals surface area contributed by atoms with Crippen molar-refractivity contribution >= 4 is 5.96 Å². The van der Waals surface area contributed by atoms with Crippen LogP contribution in [0.3, 0.4) is 0 Å². The fourth-order valence-corrected chi connectivity index (χ4v) is 3.28. The molecule has 3 rings (SSSR count). The average molecular weight is 438 g/mol. The summed E-state index contributed by atoms with van der Waals surface area (Å²) in [5, 5.41) is 10.9. The predicted octanol–water partition coefficient (Wildman–Crippen LogP) is 3.20. The van der Waals surface area contributed by atoms with Crippen LogP contribution in [0.25, 0.3) is 5.69 Å². The van der Waals surface area contributed by atoms with Crippen LogP contribution in [-0.4, -0.2) is 50.2 Å². The van der Waals surface area contributed by atoms with Crippen molar-refractivity contribution in [2.45, 2.75) is 19.9 Å². The molecule has 0 saturated heterocycles. The minimum Gasteiger partial charge on any atom is -0.496 e. The molecule has 0 aliphatic rings. The molecule has 0 unspecified atom stereocenters. The van der Waals surface area contributed by atoms with Gasteiger partial charge >= 0.3 is 0 Å². The largest absolute Gasteiger partial charge is 0.496 e. The third-order valence-electron chi connectivity index (χ3n) is 4.95. The van der Waals surface area contributed by atoms with Gasteiger partial charge in [-0.05, 0) is 43.2 Å². The number of hydrogen-bond acceptors (Lipinski definition) is 5. The number of nitrogens with one attached hydrogen (secondary N) is 2. The number of ether oxygens (including phenoxy) is 3. The SMILES string of the molecule is CCNC(=NCc1cc(OC)c(OC)cc1OC)NCCc1ccc(-n2cccn2)cc1. The molecule has 3 aromatic rings. The van der Waals surface area contributed by atoms with E-state index in [4.69, 9.17) is 19.2 Å². The second kappa shape index (κ2) is 11.6. The molecular weight excluding hydrogens is 406 g/mol. The Labute approximate surface area is 189 Å². The van der Waals surface area contributed by atoms with Crippen LogP contribution < -0.4 is 24.8 Å². The molecule has 1 aromatic heterocycles. The molecule has 0 fully saturated rings. The van der Waals surface area contributed by atoms with Gasteiger partial charge in [-0.3, -0.25) is 0 Å². The van der Waals surface area contributed by atoms with Crippen LogP contribution in [0.2, 0.25) is 0 Å². The maximum absolute atomic E-state index is 5.50. The van der Waals surface area contributed by atoms with E-state index in [1.165, 1.54) is 5.56 Å². The minimum absolute atomic E-state index is 0.442. The second-order valence-electron chi connectivity index (χ2n) is 7.01. The molecule has 2 aromatic carbocycles. The first-order valence-corrected chi connectivity index (χ1v) is 10.6. The molecule has 8 nitrogen and oxygen atoms in total. The van der Waals surface area contributed by atoms with Crippen LogP contribution in [-0.2, 0) is 13.0 Å². The number of guanidine groups is 1. The van der Waals surface area contributed by atoms with Crippen LogP contribution in [0.1, 0.15) is 18.1 Å². The van der Waals surface area contributed by atoms with Gasteiger partial charge < -0.3 is 24.8 Å². The average Bonchev–Trinajstić information content (AvgIpc) is 3.37. The summed E-state index contributed by atoms with van der Waals surface area (Å²) < 4.78 is 18.1. The highest BCUT2D eigenvalue weighted by Gasteiger charge is 2.12. The Morgan fingerprint density at radius 3 is 2.31 bits per heavy atom. The van der Waals surface area contributed by atoms with Gasteiger partial charge in [-0.15, -0.1) is 0 Å². The molecule has 0 saturated carbocycles. The number of hydrogen-bond donors (Lipinski definition) is 2. The molecule has 1 heterocycles. The first kappa shape index (κ1) is 23.0. The molecule has 2 N–H and O–H groups in total. The van der Waals surface area contributed by atoms with Gasteiger partial charge in [-0.2, -0.15) is 5.10 Å². The van der Waals surface area contributed by atoms with E-state index in [0.717, 1.165) is 36.7 Å². The van der Waals surface area contributed by atoms with Crippen molar-refractivity contribution in [3.05, 3.63) is 66.0 Å². The number of aromatic nitrogens is 2. The van der Waals surface area contributed by atoms with E-state index in [1.54, 1.807) is 27.5 Å². The van der Waals surface area contributed by atoms with Crippen molar-refractivity contribution in [1.29, 1.82) is 0 Å². The third kappa shape index (κ3) is 5.94. The summed E-state index contributed by atoms with van der Waals surface area (Å²) in [4.78, 5) is 4.71. The molecular formula is C24H31N5O3. The van der Waals surface area contributed by atoms with Gasteiger partial charge in [-0.1, -0.05) is 12.1 Å². The lowest BCUT2D eigenvalue weighted by Gasteiger charge is -2.14. The van der Waals surface area contributed by atoms with E-state index in [-0.39, 0.29) is 0 Å². The number of benzene rings is 2. The van der Waals surface area contributed by atoms with Gasteiger partial charge in [0, 0.05) is 37.1 Å². The Morgan fingerprint density at radius 2 is 1.69 bits per heavy atom. The molecule has 0 radical (unpaired) electrons. The molecule has 0 atom stereocenters. The van der Waals surface area contributed by atoms with E-state index in [9.17, 15) is 0 Å². The van der Waals surface area contributed by atoms with Crippen molar-refractivity contribution in [2.75, 3.05) is 34.4 Å². The zero-order valence-corrected chi connectivity index (χ0v) is 19.1. The van der Waals surface area contributed by atoms with E-state index >= 15 is 0 Å². The summed E-state index contributed by atoms with van der Waals surface area (Å²) in [5.74, 6) is 2.73. The van der Waals surface area contributed by atoms with Crippen molar-refractivity contribution in [1.82, 2.24) is 20.4 Å². The Bertz CT molecular complexity index is 1000. The normalized spacial score (nSPS) is 11.2. The van der Waals surface area contributed by atoms with Crippen LogP contribution in [0.15, 0.2) is 59.9 Å². The Morgan fingerprint density at radius 1 is 0.969 bits per heavy atom. The third-order valence-corrected chi connectivity index (χ3v) is 4.95. The lowest BCUT2D eigenvalue weighted by Crippen LogP contribution is -2.38. The van der Waals surface area contributed by atoms with Crippen LogP contribution in [0.5, 0.6) is 17.2 Å². The van der Waals surface area contributed by atoms with E-state index in [1.807, 2.05) is 36.0 Å². The molecule has 0 aliphatic heterocycles. The smallest absolute Gasteiger partial charge is 0.191 e. The lowest BCUT2D eigenvalue weighted by molar-refractivity contribution is 0.347. The first-order chi connectivity index (χ1) is 15.7. The van der Waals surface area contributed by atoms with Gasteiger partial charge in [-0.25, -0.2) is 9.67 Å². The number of rotatable bonds is 10. The summed E-state index contributed by atoms with van der Waals surface area (Å²) in [7, 11) is 4.85. The quantitative estimate of drug-likeness (QED) is 0.375. The van der Waals surface area contributed by atoms with Gasteiger partial charge in [0.2, 0.25) is 0 Å². The van der Waals surface area contributed by atoms with E-state index in [0.29, 0.717) is 23.8 Å². The lowest BCUT2D eigenvalue weighted by atomic mass is 10.1. The van der Waals surface area contributed by atoms with Crippen molar-refractivity contribution in [3.63, 3.8) is 0 Å². The maximum atomic E-state index is 5.50. The zero-order chi connectivity index (χ0) is 22.8. The maximum Gasteiger partial charge on any atom is 0.191 e. The van der Waals surface area contributed by atoms with Crippen LogP contribution in [0.4, 0.5) is 0 Å². The summed E-state index contributed by atoms with van der Waals surface area (Å²) in [6.45, 7) is 4.02. The molecule has 0 amide bonds.